The molecule has 0 radical (unpaired) electrons. The molecule has 1 aliphatic carbocycles. The molecular weight excluding hydrogens is 457 g/mol. The van der Waals surface area contributed by atoms with Gasteiger partial charge in [0.1, 0.15) is 5.52 Å². The summed E-state index contributed by atoms with van der Waals surface area (Å²) < 4.78 is 49.3. The second kappa shape index (κ2) is 9.20. The summed E-state index contributed by atoms with van der Waals surface area (Å²) in [7, 11) is 0. The maximum atomic E-state index is 14.2. The first-order chi connectivity index (χ1) is 16.8. The van der Waals surface area contributed by atoms with E-state index >= 15 is 0 Å². The van der Waals surface area contributed by atoms with Gasteiger partial charge in [-0.2, -0.15) is 18.3 Å². The van der Waals surface area contributed by atoms with E-state index in [1.807, 2.05) is 19.1 Å². The molecule has 0 saturated heterocycles. The molecule has 0 aliphatic heterocycles. The van der Waals surface area contributed by atoms with Crippen molar-refractivity contribution >= 4 is 17.0 Å². The molecule has 1 amide bonds. The van der Waals surface area contributed by atoms with Gasteiger partial charge in [-0.3, -0.25) is 4.79 Å². The van der Waals surface area contributed by atoms with Gasteiger partial charge in [0.15, 0.2) is 11.3 Å². The molecule has 6 nitrogen and oxygen atoms in total. The van der Waals surface area contributed by atoms with Crippen LogP contribution in [0.3, 0.4) is 0 Å². The van der Waals surface area contributed by atoms with Crippen LogP contribution in [0.5, 0.6) is 0 Å². The highest BCUT2D eigenvalue weighted by Gasteiger charge is 2.42. The van der Waals surface area contributed by atoms with Crippen molar-refractivity contribution < 1.29 is 22.4 Å². The first kappa shape index (κ1) is 23.1. The van der Waals surface area contributed by atoms with Crippen molar-refractivity contribution in [1.29, 1.82) is 0 Å². The molecule has 0 unspecified atom stereocenters. The first-order valence-electron chi connectivity index (χ1n) is 11.7. The lowest BCUT2D eigenvalue weighted by atomic mass is 9.93. The van der Waals surface area contributed by atoms with E-state index in [4.69, 9.17) is 4.42 Å². The zero-order chi connectivity index (χ0) is 24.6. The minimum Gasteiger partial charge on any atom is -0.439 e. The summed E-state index contributed by atoms with van der Waals surface area (Å²) in [5.41, 5.74) is 0.929. The van der Waals surface area contributed by atoms with Gasteiger partial charge in [-0.1, -0.05) is 43.5 Å². The monoisotopic (exact) mass is 482 g/mol. The van der Waals surface area contributed by atoms with Crippen LogP contribution >= 0.6 is 0 Å². The number of benzene rings is 2. The second-order valence-corrected chi connectivity index (χ2v) is 8.96. The van der Waals surface area contributed by atoms with Crippen molar-refractivity contribution in [3.05, 3.63) is 77.4 Å². The maximum Gasteiger partial charge on any atom is 0.434 e. The van der Waals surface area contributed by atoms with Gasteiger partial charge in [0.2, 0.25) is 5.89 Å². The van der Waals surface area contributed by atoms with Crippen LogP contribution in [0.1, 0.15) is 59.6 Å². The van der Waals surface area contributed by atoms with Crippen molar-refractivity contribution in [2.45, 2.75) is 57.8 Å². The van der Waals surface area contributed by atoms with E-state index in [1.54, 1.807) is 24.3 Å². The van der Waals surface area contributed by atoms with Crippen LogP contribution in [-0.2, 0) is 12.7 Å². The Kier molecular flexibility index (Phi) is 6.08. The zero-order valence-corrected chi connectivity index (χ0v) is 19.3. The Hall–Kier alpha value is -3.62. The van der Waals surface area contributed by atoms with Crippen LogP contribution in [0.4, 0.5) is 13.2 Å². The highest BCUT2D eigenvalue weighted by Crippen LogP contribution is 2.35. The third-order valence-corrected chi connectivity index (χ3v) is 6.44. The van der Waals surface area contributed by atoms with Gasteiger partial charge < -0.3 is 9.32 Å². The van der Waals surface area contributed by atoms with Crippen LogP contribution < -0.4 is 0 Å². The second-order valence-electron chi connectivity index (χ2n) is 8.96. The van der Waals surface area contributed by atoms with Crippen LogP contribution in [0.25, 0.3) is 16.8 Å². The fourth-order valence-electron chi connectivity index (χ4n) is 4.76. The number of rotatable bonds is 5. The van der Waals surface area contributed by atoms with Crippen LogP contribution in [0, 0.1) is 6.92 Å². The average Bonchev–Trinajstić information content (AvgIpc) is 3.47. The van der Waals surface area contributed by atoms with E-state index in [1.165, 1.54) is 17.0 Å². The number of carbonyl (C=O) groups is 1. The summed E-state index contributed by atoms with van der Waals surface area (Å²) in [6.45, 7) is 1.93. The molecule has 182 valence electrons. The van der Waals surface area contributed by atoms with Crippen molar-refractivity contribution in [3.63, 3.8) is 0 Å². The Morgan fingerprint density at radius 3 is 2.57 bits per heavy atom. The van der Waals surface area contributed by atoms with Crippen LogP contribution in [-0.4, -0.2) is 31.6 Å². The fourth-order valence-corrected chi connectivity index (χ4v) is 4.76. The highest BCUT2D eigenvalue weighted by molar-refractivity contribution is 5.95. The van der Waals surface area contributed by atoms with Crippen molar-refractivity contribution in [2.75, 3.05) is 0 Å². The number of amides is 1. The third kappa shape index (κ3) is 4.67. The first-order valence-corrected chi connectivity index (χ1v) is 11.7. The van der Waals surface area contributed by atoms with Gasteiger partial charge >= 0.3 is 6.18 Å². The normalized spacial score (nSPS) is 15.0. The molecule has 35 heavy (non-hydrogen) atoms. The standard InChI is InChI=1S/C26H25F3N4O2/c1-17-12-13-22-21(14-17)31-23(35-22)16-32(18-8-4-2-5-9-18)25(34)20-15-30-33(24(20)26(27,28)29)19-10-6-3-7-11-19/h3,6-7,10-15,18H,2,4-5,8-9,16H2,1H3. The number of hydrogen-bond acceptors (Lipinski definition) is 4. The van der Waals surface area contributed by atoms with E-state index in [2.05, 4.69) is 10.1 Å². The molecule has 0 spiro atoms. The van der Waals surface area contributed by atoms with Gasteiger partial charge in [0.25, 0.3) is 5.91 Å². The summed E-state index contributed by atoms with van der Waals surface area (Å²) in [4.78, 5) is 19.7. The van der Waals surface area contributed by atoms with Crippen molar-refractivity contribution in [1.82, 2.24) is 19.7 Å². The Balaban J connectivity index is 1.55. The molecule has 0 bridgehead atoms. The molecule has 4 aromatic rings. The minimum absolute atomic E-state index is 0.00889. The molecule has 2 heterocycles. The Morgan fingerprint density at radius 2 is 1.86 bits per heavy atom. The fraction of sp³-hybridized carbons (Fsp3) is 0.346. The largest absolute Gasteiger partial charge is 0.439 e. The SMILES string of the molecule is Cc1ccc2oc(CN(C(=O)c3cnn(-c4ccccc4)c3C(F)(F)F)C3CCCCC3)nc2c1. The topological polar surface area (TPSA) is 64.2 Å². The number of carbonyl (C=O) groups excluding carboxylic acids is 1. The van der Waals surface area contributed by atoms with Gasteiger partial charge in [-0.25, -0.2) is 9.67 Å². The molecule has 0 N–H and O–H groups in total. The molecule has 2 aromatic carbocycles. The average molecular weight is 483 g/mol. The number of hydrogen-bond donors (Lipinski definition) is 0. The Bertz CT molecular complexity index is 1340. The maximum absolute atomic E-state index is 14.2. The third-order valence-electron chi connectivity index (χ3n) is 6.44. The molecule has 1 aliphatic rings. The van der Waals surface area contributed by atoms with E-state index in [9.17, 15) is 18.0 Å². The summed E-state index contributed by atoms with van der Waals surface area (Å²) in [6.07, 6.45) is 0.556. The number of halogens is 3. The molecule has 0 atom stereocenters. The number of para-hydroxylation sites is 1. The molecule has 1 saturated carbocycles. The van der Waals surface area contributed by atoms with Gasteiger partial charge in [-0.15, -0.1) is 0 Å². The minimum atomic E-state index is -4.77. The molecule has 1 fully saturated rings. The number of nitrogens with zero attached hydrogens (tertiary/aromatic N) is 4. The van der Waals surface area contributed by atoms with Crippen molar-refractivity contribution in [2.24, 2.45) is 0 Å². The van der Waals surface area contributed by atoms with E-state index in [0.717, 1.165) is 48.5 Å². The van der Waals surface area contributed by atoms with E-state index in [-0.39, 0.29) is 18.3 Å². The number of fused-ring (bicyclic) bond motifs is 1. The van der Waals surface area contributed by atoms with Crippen LogP contribution in [0.2, 0.25) is 0 Å². The lowest BCUT2D eigenvalue weighted by Gasteiger charge is -2.33. The number of aromatic nitrogens is 3. The molecular formula is C26H25F3N4O2. The molecule has 2 aromatic heterocycles. The quantitative estimate of drug-likeness (QED) is 0.334. The Labute approximate surface area is 200 Å². The van der Waals surface area contributed by atoms with Crippen molar-refractivity contribution in [3.8, 4) is 5.69 Å². The predicted octanol–water partition coefficient (Wildman–Crippen LogP) is 6.32. The lowest BCUT2D eigenvalue weighted by Crippen LogP contribution is -2.41. The smallest absolute Gasteiger partial charge is 0.434 e. The van der Waals surface area contributed by atoms with Gasteiger partial charge in [0, 0.05) is 6.04 Å². The predicted molar refractivity (Wildman–Crippen MR) is 124 cm³/mol. The Morgan fingerprint density at radius 1 is 1.11 bits per heavy atom. The van der Waals surface area contributed by atoms with Gasteiger partial charge in [-0.05, 0) is 49.6 Å². The summed E-state index contributed by atoms with van der Waals surface area (Å²) in [6, 6.07) is 13.4. The van der Waals surface area contributed by atoms with Gasteiger partial charge in [0.05, 0.1) is 24.0 Å². The molecule has 9 heteroatoms. The summed E-state index contributed by atoms with van der Waals surface area (Å²) in [5, 5.41) is 3.96. The van der Waals surface area contributed by atoms with E-state index < -0.39 is 23.3 Å². The summed E-state index contributed by atoms with van der Waals surface area (Å²) in [5.74, 6) is -0.418. The number of oxazole rings is 1. The highest BCUT2D eigenvalue weighted by atomic mass is 19.4. The van der Waals surface area contributed by atoms with E-state index in [0.29, 0.717) is 17.0 Å². The number of alkyl halides is 3. The number of aryl methyl sites for hydroxylation is 1. The zero-order valence-electron chi connectivity index (χ0n) is 19.3. The van der Waals surface area contributed by atoms with Crippen LogP contribution in [0.15, 0.2) is 59.1 Å². The molecule has 5 rings (SSSR count). The summed E-state index contributed by atoms with van der Waals surface area (Å²) >= 11 is 0. The lowest BCUT2D eigenvalue weighted by molar-refractivity contribution is -0.143.